The molecule has 1 aromatic rings. The average Bonchev–Trinajstić information content (AvgIpc) is 2.55. The van der Waals surface area contributed by atoms with Gasteiger partial charge in [0.2, 0.25) is 15.9 Å². The Morgan fingerprint density at radius 1 is 1.30 bits per heavy atom. The van der Waals surface area contributed by atoms with Gasteiger partial charge in [-0.05, 0) is 38.1 Å². The number of hydrogen-bond donors (Lipinski definition) is 1. The Bertz CT molecular complexity index is 624. The van der Waals surface area contributed by atoms with Gasteiger partial charge in [-0.15, -0.1) is 0 Å². The van der Waals surface area contributed by atoms with Crippen molar-refractivity contribution in [2.45, 2.75) is 24.8 Å². The van der Waals surface area contributed by atoms with Gasteiger partial charge in [0.25, 0.3) is 0 Å². The van der Waals surface area contributed by atoms with E-state index in [4.69, 9.17) is 9.47 Å². The summed E-state index contributed by atoms with van der Waals surface area (Å²) in [5.74, 6) is 0.353. The first-order chi connectivity index (χ1) is 10.9. The van der Waals surface area contributed by atoms with Crippen molar-refractivity contribution in [2.75, 3.05) is 32.9 Å². The van der Waals surface area contributed by atoms with Gasteiger partial charge < -0.3 is 14.4 Å². The zero-order valence-electron chi connectivity index (χ0n) is 13.3. The van der Waals surface area contributed by atoms with Gasteiger partial charge in [0.1, 0.15) is 5.75 Å². The van der Waals surface area contributed by atoms with Crippen LogP contribution in [0.25, 0.3) is 0 Å². The van der Waals surface area contributed by atoms with Crippen LogP contribution in [0.3, 0.4) is 0 Å². The molecule has 1 N–H and O–H groups in total. The Labute approximate surface area is 136 Å². The molecule has 0 aliphatic carbocycles. The van der Waals surface area contributed by atoms with E-state index in [-0.39, 0.29) is 10.8 Å². The van der Waals surface area contributed by atoms with E-state index < -0.39 is 16.1 Å². The minimum absolute atomic E-state index is 0.0996. The van der Waals surface area contributed by atoms with Crippen molar-refractivity contribution < 1.29 is 22.7 Å². The normalized spacial score (nSPS) is 16.9. The first-order valence-corrected chi connectivity index (χ1v) is 9.04. The maximum Gasteiger partial charge on any atom is 0.241 e. The van der Waals surface area contributed by atoms with Gasteiger partial charge in [0.05, 0.1) is 30.8 Å². The Hall–Kier alpha value is -1.64. The lowest BCUT2D eigenvalue weighted by Gasteiger charge is -2.29. The van der Waals surface area contributed by atoms with Gasteiger partial charge in [-0.2, -0.15) is 4.72 Å². The SMILES string of the molecule is CCOc1ccc(S(=O)(=O)N[C@H](C)C(=O)N2CCOCC2)cc1. The lowest BCUT2D eigenvalue weighted by atomic mass is 10.3. The third kappa shape index (κ3) is 4.66. The van der Waals surface area contributed by atoms with E-state index in [1.165, 1.54) is 12.1 Å². The fourth-order valence-corrected chi connectivity index (χ4v) is 3.49. The number of benzene rings is 1. The Kier molecular flexibility index (Phi) is 5.97. The van der Waals surface area contributed by atoms with Crippen LogP contribution in [0.1, 0.15) is 13.8 Å². The summed E-state index contributed by atoms with van der Waals surface area (Å²) >= 11 is 0. The second-order valence-corrected chi connectivity index (χ2v) is 6.90. The molecule has 8 heteroatoms. The van der Waals surface area contributed by atoms with Crippen LogP contribution < -0.4 is 9.46 Å². The number of hydrogen-bond acceptors (Lipinski definition) is 5. The van der Waals surface area contributed by atoms with Gasteiger partial charge >= 0.3 is 0 Å². The van der Waals surface area contributed by atoms with Crippen LogP contribution in [0, 0.1) is 0 Å². The third-order valence-electron chi connectivity index (χ3n) is 3.47. The zero-order valence-corrected chi connectivity index (χ0v) is 14.1. The number of carbonyl (C=O) groups excluding carboxylic acids is 1. The molecule has 0 radical (unpaired) electrons. The molecular formula is C15H22N2O5S. The quantitative estimate of drug-likeness (QED) is 0.819. The van der Waals surface area contributed by atoms with Crippen LogP contribution >= 0.6 is 0 Å². The number of rotatable bonds is 6. The summed E-state index contributed by atoms with van der Waals surface area (Å²) in [4.78, 5) is 14.0. The molecule has 7 nitrogen and oxygen atoms in total. The molecule has 0 aromatic heterocycles. The highest BCUT2D eigenvalue weighted by molar-refractivity contribution is 7.89. The van der Waals surface area contributed by atoms with Crippen LogP contribution in [-0.4, -0.2) is 58.2 Å². The first-order valence-electron chi connectivity index (χ1n) is 7.56. The molecule has 1 aromatic carbocycles. The van der Waals surface area contributed by atoms with Crippen LogP contribution in [0.4, 0.5) is 0 Å². The molecule has 0 spiro atoms. The van der Waals surface area contributed by atoms with Gasteiger partial charge in [0.15, 0.2) is 0 Å². The van der Waals surface area contributed by atoms with E-state index >= 15 is 0 Å². The van der Waals surface area contributed by atoms with Gasteiger partial charge in [-0.3, -0.25) is 4.79 Å². The summed E-state index contributed by atoms with van der Waals surface area (Å²) in [6.45, 7) is 5.82. The first kappa shape index (κ1) is 17.7. The predicted molar refractivity (Wildman–Crippen MR) is 84.8 cm³/mol. The number of morpholine rings is 1. The number of sulfonamides is 1. The van der Waals surface area contributed by atoms with Crippen molar-refractivity contribution in [3.8, 4) is 5.75 Å². The Balaban J connectivity index is 2.02. The average molecular weight is 342 g/mol. The van der Waals surface area contributed by atoms with Crippen LogP contribution in [0.15, 0.2) is 29.2 Å². The zero-order chi connectivity index (χ0) is 16.9. The second-order valence-electron chi connectivity index (χ2n) is 5.19. The molecule has 1 heterocycles. The molecule has 0 unspecified atom stereocenters. The molecular weight excluding hydrogens is 320 g/mol. The second kappa shape index (κ2) is 7.76. The van der Waals surface area contributed by atoms with Gasteiger partial charge in [-0.1, -0.05) is 0 Å². The third-order valence-corrected chi connectivity index (χ3v) is 5.03. The summed E-state index contributed by atoms with van der Waals surface area (Å²) in [5.41, 5.74) is 0. The van der Waals surface area contributed by atoms with Gasteiger partial charge in [0, 0.05) is 13.1 Å². The van der Waals surface area contributed by atoms with Crippen LogP contribution in [0.5, 0.6) is 5.75 Å². The summed E-state index contributed by atoms with van der Waals surface area (Å²) < 4.78 is 37.6. The maximum atomic E-state index is 12.4. The molecule has 2 rings (SSSR count). The van der Waals surface area contributed by atoms with Crippen molar-refractivity contribution in [1.82, 2.24) is 9.62 Å². The minimum atomic E-state index is -3.76. The molecule has 23 heavy (non-hydrogen) atoms. The molecule has 128 valence electrons. The summed E-state index contributed by atoms with van der Waals surface area (Å²) in [7, 11) is -3.76. The van der Waals surface area contributed by atoms with E-state index in [0.717, 1.165) is 0 Å². The fraction of sp³-hybridized carbons (Fsp3) is 0.533. The largest absolute Gasteiger partial charge is 0.494 e. The van der Waals surface area contributed by atoms with Crippen molar-refractivity contribution in [3.05, 3.63) is 24.3 Å². The summed E-state index contributed by atoms with van der Waals surface area (Å²) in [6.07, 6.45) is 0. The number of nitrogens with zero attached hydrogens (tertiary/aromatic N) is 1. The minimum Gasteiger partial charge on any atom is -0.494 e. The molecule has 1 saturated heterocycles. The molecule has 1 fully saturated rings. The number of nitrogens with one attached hydrogen (secondary N) is 1. The summed E-state index contributed by atoms with van der Waals surface area (Å²) in [6, 6.07) is 5.27. The number of carbonyl (C=O) groups is 1. The molecule has 1 aliphatic rings. The highest BCUT2D eigenvalue weighted by Crippen LogP contribution is 2.16. The van der Waals surface area contributed by atoms with Crippen molar-refractivity contribution in [3.63, 3.8) is 0 Å². The van der Waals surface area contributed by atoms with Crippen molar-refractivity contribution in [2.24, 2.45) is 0 Å². The van der Waals surface area contributed by atoms with Gasteiger partial charge in [-0.25, -0.2) is 8.42 Å². The molecule has 1 amide bonds. The predicted octanol–water partition coefficient (Wildman–Crippen LogP) is 0.611. The molecule has 1 atom stereocenters. The van der Waals surface area contributed by atoms with Crippen molar-refractivity contribution >= 4 is 15.9 Å². The van der Waals surface area contributed by atoms with E-state index in [1.54, 1.807) is 24.0 Å². The van der Waals surface area contributed by atoms with E-state index in [9.17, 15) is 13.2 Å². The van der Waals surface area contributed by atoms with Crippen molar-refractivity contribution in [1.29, 1.82) is 0 Å². The van der Waals surface area contributed by atoms with E-state index in [0.29, 0.717) is 38.7 Å². The number of amides is 1. The molecule has 1 aliphatic heterocycles. The lowest BCUT2D eigenvalue weighted by molar-refractivity contribution is -0.136. The van der Waals surface area contributed by atoms with E-state index in [1.807, 2.05) is 6.92 Å². The standard InChI is InChI=1S/C15H22N2O5S/c1-3-22-13-4-6-14(7-5-13)23(19,20)16-12(2)15(18)17-8-10-21-11-9-17/h4-7,12,16H,3,8-11H2,1-2H3/t12-/m1/s1. The highest BCUT2D eigenvalue weighted by atomic mass is 32.2. The molecule has 0 saturated carbocycles. The van der Waals surface area contributed by atoms with Crippen LogP contribution in [0.2, 0.25) is 0 Å². The number of ether oxygens (including phenoxy) is 2. The maximum absolute atomic E-state index is 12.4. The smallest absolute Gasteiger partial charge is 0.241 e. The highest BCUT2D eigenvalue weighted by Gasteiger charge is 2.26. The molecule has 0 bridgehead atoms. The fourth-order valence-electron chi connectivity index (χ4n) is 2.29. The Morgan fingerprint density at radius 3 is 2.48 bits per heavy atom. The Morgan fingerprint density at radius 2 is 1.91 bits per heavy atom. The van der Waals surface area contributed by atoms with E-state index in [2.05, 4.69) is 4.72 Å². The summed E-state index contributed by atoms with van der Waals surface area (Å²) in [5, 5.41) is 0. The topological polar surface area (TPSA) is 84.9 Å². The lowest BCUT2D eigenvalue weighted by Crippen LogP contribution is -2.50. The monoisotopic (exact) mass is 342 g/mol. The van der Waals surface area contributed by atoms with Crippen LogP contribution in [-0.2, 0) is 19.6 Å².